The fraction of sp³-hybridized carbons (Fsp3) is 0.417. The first-order valence-corrected chi connectivity index (χ1v) is 7.72. The van der Waals surface area contributed by atoms with Crippen LogP contribution in [-0.2, 0) is 14.6 Å². The van der Waals surface area contributed by atoms with Crippen molar-refractivity contribution in [2.24, 2.45) is 0 Å². The van der Waals surface area contributed by atoms with Crippen molar-refractivity contribution >= 4 is 21.5 Å². The molecule has 112 valence electrons. The van der Waals surface area contributed by atoms with E-state index < -0.39 is 39.0 Å². The standard InChI is InChI=1S/C12H15F2NO4S/c1-7(6-20(3,17)18)15-9-5-4-8(12(16)19-2)10(13)11(9)14/h4-5,7,15H,6H2,1-3H3. The van der Waals surface area contributed by atoms with E-state index in [0.29, 0.717) is 0 Å². The summed E-state index contributed by atoms with van der Waals surface area (Å²) in [4.78, 5) is 11.2. The average Bonchev–Trinajstić information content (AvgIpc) is 2.32. The van der Waals surface area contributed by atoms with Crippen molar-refractivity contribution in [3.63, 3.8) is 0 Å². The largest absolute Gasteiger partial charge is 0.465 e. The molecule has 1 unspecified atom stereocenters. The zero-order chi connectivity index (χ0) is 15.5. The normalized spacial score (nSPS) is 12.8. The average molecular weight is 307 g/mol. The van der Waals surface area contributed by atoms with Crippen molar-refractivity contribution in [2.45, 2.75) is 13.0 Å². The summed E-state index contributed by atoms with van der Waals surface area (Å²) in [6, 6.07) is 1.62. The summed E-state index contributed by atoms with van der Waals surface area (Å²) in [5.41, 5.74) is -0.738. The van der Waals surface area contributed by atoms with E-state index in [9.17, 15) is 22.0 Å². The van der Waals surface area contributed by atoms with Gasteiger partial charge in [-0.05, 0) is 19.1 Å². The van der Waals surface area contributed by atoms with Crippen LogP contribution in [0.4, 0.5) is 14.5 Å². The Balaban J connectivity index is 2.99. The minimum Gasteiger partial charge on any atom is -0.465 e. The van der Waals surface area contributed by atoms with Gasteiger partial charge in [0.15, 0.2) is 11.6 Å². The molecular formula is C12H15F2NO4S. The number of nitrogens with one attached hydrogen (secondary N) is 1. The molecule has 0 aliphatic heterocycles. The molecule has 1 atom stereocenters. The third kappa shape index (κ3) is 4.16. The minimum absolute atomic E-state index is 0.216. The molecule has 0 fully saturated rings. The number of carbonyl (C=O) groups excluding carboxylic acids is 1. The lowest BCUT2D eigenvalue weighted by Crippen LogP contribution is -2.25. The predicted octanol–water partition coefficient (Wildman–Crippen LogP) is 1.60. The van der Waals surface area contributed by atoms with E-state index in [1.54, 1.807) is 0 Å². The van der Waals surface area contributed by atoms with Crippen LogP contribution in [0.1, 0.15) is 17.3 Å². The minimum atomic E-state index is -3.24. The third-order valence-electron chi connectivity index (χ3n) is 2.44. The predicted molar refractivity (Wildman–Crippen MR) is 70.5 cm³/mol. The monoisotopic (exact) mass is 307 g/mol. The van der Waals surface area contributed by atoms with Gasteiger partial charge in [-0.15, -0.1) is 0 Å². The van der Waals surface area contributed by atoms with Crippen LogP contribution in [0.2, 0.25) is 0 Å². The summed E-state index contributed by atoms with van der Waals surface area (Å²) in [5, 5.41) is 2.55. The number of benzene rings is 1. The molecule has 8 heteroatoms. The Labute approximate surface area is 115 Å². The van der Waals surface area contributed by atoms with E-state index in [2.05, 4.69) is 10.1 Å². The SMILES string of the molecule is COC(=O)c1ccc(NC(C)CS(C)(=O)=O)c(F)c1F. The van der Waals surface area contributed by atoms with Crippen LogP contribution in [0.5, 0.6) is 0 Å². The number of anilines is 1. The molecule has 0 aromatic heterocycles. The van der Waals surface area contributed by atoms with Crippen molar-refractivity contribution in [3.05, 3.63) is 29.3 Å². The van der Waals surface area contributed by atoms with Gasteiger partial charge in [0, 0.05) is 12.3 Å². The quantitative estimate of drug-likeness (QED) is 0.837. The molecule has 0 bridgehead atoms. The lowest BCUT2D eigenvalue weighted by Gasteiger charge is -2.15. The first kappa shape index (κ1) is 16.4. The highest BCUT2D eigenvalue weighted by Gasteiger charge is 2.20. The molecule has 1 aromatic rings. The van der Waals surface area contributed by atoms with Crippen molar-refractivity contribution in [2.75, 3.05) is 24.4 Å². The Morgan fingerprint density at radius 2 is 1.95 bits per heavy atom. The summed E-state index contributed by atoms with van der Waals surface area (Å²) in [6.45, 7) is 1.52. The molecule has 1 aromatic carbocycles. The van der Waals surface area contributed by atoms with Gasteiger partial charge in [0.2, 0.25) is 0 Å². The molecule has 0 heterocycles. The number of carbonyl (C=O) groups is 1. The van der Waals surface area contributed by atoms with Gasteiger partial charge in [-0.2, -0.15) is 0 Å². The number of halogens is 2. The Morgan fingerprint density at radius 1 is 1.35 bits per heavy atom. The lowest BCUT2D eigenvalue weighted by molar-refractivity contribution is 0.0594. The lowest BCUT2D eigenvalue weighted by atomic mass is 10.1. The van der Waals surface area contributed by atoms with Crippen LogP contribution >= 0.6 is 0 Å². The molecular weight excluding hydrogens is 292 g/mol. The van der Waals surface area contributed by atoms with Crippen LogP contribution in [0.25, 0.3) is 0 Å². The Morgan fingerprint density at radius 3 is 2.45 bits per heavy atom. The third-order valence-corrected chi connectivity index (χ3v) is 3.55. The van der Waals surface area contributed by atoms with Gasteiger partial charge < -0.3 is 10.1 Å². The van der Waals surface area contributed by atoms with Gasteiger partial charge in [0.1, 0.15) is 9.84 Å². The van der Waals surface area contributed by atoms with Gasteiger partial charge in [0.25, 0.3) is 0 Å². The number of hydrogen-bond donors (Lipinski definition) is 1. The Hall–Kier alpha value is -1.70. The second-order valence-corrected chi connectivity index (χ2v) is 6.60. The molecule has 0 aliphatic rings. The van der Waals surface area contributed by atoms with Crippen LogP contribution < -0.4 is 5.32 Å². The maximum Gasteiger partial charge on any atom is 0.340 e. The second kappa shape index (κ2) is 6.17. The van der Waals surface area contributed by atoms with Gasteiger partial charge in [-0.1, -0.05) is 0 Å². The molecule has 5 nitrogen and oxygen atoms in total. The number of ether oxygens (including phenoxy) is 1. The van der Waals surface area contributed by atoms with Crippen LogP contribution in [-0.4, -0.2) is 39.5 Å². The molecule has 0 amide bonds. The van der Waals surface area contributed by atoms with E-state index in [1.165, 1.54) is 6.92 Å². The summed E-state index contributed by atoms with van der Waals surface area (Å²) in [5.74, 6) is -3.81. The van der Waals surface area contributed by atoms with Crippen molar-refractivity contribution in [3.8, 4) is 0 Å². The Bertz CT molecular complexity index is 616. The zero-order valence-electron chi connectivity index (χ0n) is 11.2. The fourth-order valence-corrected chi connectivity index (χ4v) is 2.68. The molecule has 0 aliphatic carbocycles. The first-order valence-electron chi connectivity index (χ1n) is 5.66. The van der Waals surface area contributed by atoms with E-state index >= 15 is 0 Å². The van der Waals surface area contributed by atoms with Crippen molar-refractivity contribution < 1.29 is 26.7 Å². The molecule has 1 N–H and O–H groups in total. The maximum atomic E-state index is 13.8. The summed E-state index contributed by atoms with van der Waals surface area (Å²) in [6.07, 6.45) is 1.04. The number of sulfone groups is 1. The molecule has 0 spiro atoms. The second-order valence-electron chi connectivity index (χ2n) is 4.42. The molecule has 0 radical (unpaired) electrons. The first-order chi connectivity index (χ1) is 9.15. The fourth-order valence-electron chi connectivity index (χ4n) is 1.69. The molecule has 20 heavy (non-hydrogen) atoms. The summed E-state index contributed by atoms with van der Waals surface area (Å²) < 4.78 is 53.9. The number of esters is 1. The van der Waals surface area contributed by atoms with Gasteiger partial charge in [-0.25, -0.2) is 22.0 Å². The molecule has 0 saturated carbocycles. The van der Waals surface area contributed by atoms with Crippen LogP contribution in [0.3, 0.4) is 0 Å². The smallest absolute Gasteiger partial charge is 0.340 e. The summed E-state index contributed by atoms with van der Waals surface area (Å²) >= 11 is 0. The van der Waals surface area contributed by atoms with Gasteiger partial charge >= 0.3 is 5.97 Å². The number of methoxy groups -OCH3 is 1. The maximum absolute atomic E-state index is 13.8. The molecule has 0 saturated heterocycles. The molecule has 1 rings (SSSR count). The van der Waals surface area contributed by atoms with Crippen molar-refractivity contribution in [1.82, 2.24) is 0 Å². The number of hydrogen-bond acceptors (Lipinski definition) is 5. The highest BCUT2D eigenvalue weighted by Crippen LogP contribution is 2.22. The topological polar surface area (TPSA) is 72.5 Å². The van der Waals surface area contributed by atoms with E-state index in [-0.39, 0.29) is 11.4 Å². The van der Waals surface area contributed by atoms with Crippen LogP contribution in [0.15, 0.2) is 12.1 Å². The van der Waals surface area contributed by atoms with Gasteiger partial charge in [-0.3, -0.25) is 0 Å². The van der Waals surface area contributed by atoms with Crippen molar-refractivity contribution in [1.29, 1.82) is 0 Å². The highest BCUT2D eigenvalue weighted by atomic mass is 32.2. The highest BCUT2D eigenvalue weighted by molar-refractivity contribution is 7.90. The number of rotatable bonds is 5. The zero-order valence-corrected chi connectivity index (χ0v) is 12.1. The van der Waals surface area contributed by atoms with E-state index in [0.717, 1.165) is 25.5 Å². The Kier molecular flexibility index (Phi) is 5.04. The van der Waals surface area contributed by atoms with Gasteiger partial charge in [0.05, 0.1) is 24.1 Å². The van der Waals surface area contributed by atoms with E-state index in [1.807, 2.05) is 0 Å². The summed E-state index contributed by atoms with van der Waals surface area (Å²) in [7, 11) is -2.19. The van der Waals surface area contributed by atoms with Crippen LogP contribution in [0, 0.1) is 11.6 Å². The van der Waals surface area contributed by atoms with E-state index in [4.69, 9.17) is 0 Å².